The van der Waals surface area contributed by atoms with Gasteiger partial charge in [-0.3, -0.25) is 15.4 Å². The predicted molar refractivity (Wildman–Crippen MR) is 95.8 cm³/mol. The molecule has 0 saturated carbocycles. The first kappa shape index (κ1) is 16.4. The molecule has 2 saturated heterocycles. The first-order valence-corrected chi connectivity index (χ1v) is 8.63. The van der Waals surface area contributed by atoms with E-state index in [2.05, 4.69) is 38.3 Å². The number of aromatic hydroxyl groups is 1. The number of rotatable bonds is 4. The Morgan fingerprint density at radius 2 is 1.76 bits per heavy atom. The van der Waals surface area contributed by atoms with E-state index in [-0.39, 0.29) is 41.0 Å². The summed E-state index contributed by atoms with van der Waals surface area (Å²) >= 11 is 0. The summed E-state index contributed by atoms with van der Waals surface area (Å²) in [7, 11) is 0. The van der Waals surface area contributed by atoms with E-state index in [1.807, 2.05) is 24.3 Å². The highest BCUT2D eigenvalue weighted by Crippen LogP contribution is 2.59. The number of phenolic OH excluding ortho intramolecular Hbond substituents is 1. The molecule has 5 nitrogen and oxygen atoms in total. The lowest BCUT2D eigenvalue weighted by atomic mass is 9.77. The third kappa shape index (κ3) is 2.41. The summed E-state index contributed by atoms with van der Waals surface area (Å²) in [6, 6.07) is 11.0. The molecule has 132 valence electrons. The molecule has 0 bridgehead atoms. The molecular weight excluding hydrogens is 316 g/mol. The summed E-state index contributed by atoms with van der Waals surface area (Å²) in [6.07, 6.45) is 0. The summed E-state index contributed by atoms with van der Waals surface area (Å²) < 4.78 is 5.70. The van der Waals surface area contributed by atoms with Gasteiger partial charge in [0.1, 0.15) is 23.7 Å². The van der Waals surface area contributed by atoms with Crippen molar-refractivity contribution in [2.45, 2.75) is 45.6 Å². The van der Waals surface area contributed by atoms with Crippen molar-refractivity contribution in [3.05, 3.63) is 42.0 Å². The molecule has 2 aliphatic heterocycles. The van der Waals surface area contributed by atoms with Crippen molar-refractivity contribution in [3.8, 4) is 5.75 Å². The SMILES string of the molecule is CC(C)(C)C(C(=O)OCc1cccc2c(O)cccc12)C12NC1(C)N2. The Morgan fingerprint density at radius 1 is 1.16 bits per heavy atom. The molecule has 0 amide bonds. The van der Waals surface area contributed by atoms with E-state index in [9.17, 15) is 9.90 Å². The summed E-state index contributed by atoms with van der Waals surface area (Å²) in [6.45, 7) is 8.43. The average Bonchev–Trinajstić information content (AvgIpc) is 3.28. The number of benzene rings is 2. The molecule has 1 atom stereocenters. The number of fused-ring (bicyclic) bond motifs is 2. The maximum atomic E-state index is 12.9. The second-order valence-corrected chi connectivity index (χ2v) is 8.38. The predicted octanol–water partition coefficient (Wildman–Crippen LogP) is 2.87. The zero-order valence-corrected chi connectivity index (χ0v) is 15.0. The summed E-state index contributed by atoms with van der Waals surface area (Å²) in [5.41, 5.74) is 0.221. The van der Waals surface area contributed by atoms with Crippen molar-refractivity contribution in [3.63, 3.8) is 0 Å². The molecule has 2 aromatic rings. The molecule has 3 N–H and O–H groups in total. The van der Waals surface area contributed by atoms with Crippen molar-refractivity contribution in [2.24, 2.45) is 11.3 Å². The number of carbonyl (C=O) groups is 1. The van der Waals surface area contributed by atoms with Gasteiger partial charge >= 0.3 is 5.97 Å². The van der Waals surface area contributed by atoms with Crippen molar-refractivity contribution in [1.82, 2.24) is 10.6 Å². The van der Waals surface area contributed by atoms with Crippen LogP contribution in [-0.2, 0) is 16.1 Å². The molecule has 2 aromatic carbocycles. The summed E-state index contributed by atoms with van der Waals surface area (Å²) in [5, 5.41) is 18.4. The largest absolute Gasteiger partial charge is 0.507 e. The van der Waals surface area contributed by atoms with Gasteiger partial charge in [-0.15, -0.1) is 0 Å². The fourth-order valence-corrected chi connectivity index (χ4v) is 4.06. The normalized spacial score (nSPS) is 28.3. The van der Waals surface area contributed by atoms with E-state index in [1.165, 1.54) is 0 Å². The number of hydrogen-bond acceptors (Lipinski definition) is 5. The second kappa shape index (κ2) is 4.96. The van der Waals surface area contributed by atoms with Crippen LogP contribution in [-0.4, -0.2) is 22.4 Å². The van der Waals surface area contributed by atoms with Gasteiger partial charge in [0.15, 0.2) is 0 Å². The van der Waals surface area contributed by atoms with Crippen molar-refractivity contribution in [1.29, 1.82) is 0 Å². The molecular formula is C20H24N2O3. The van der Waals surface area contributed by atoms with Gasteiger partial charge in [-0.25, -0.2) is 0 Å². The number of carbonyl (C=O) groups excluding carboxylic acids is 1. The molecule has 5 heteroatoms. The van der Waals surface area contributed by atoms with Crippen LogP contribution < -0.4 is 10.6 Å². The molecule has 1 unspecified atom stereocenters. The average molecular weight is 340 g/mol. The van der Waals surface area contributed by atoms with Crippen molar-refractivity contribution < 1.29 is 14.6 Å². The molecule has 0 spiro atoms. The van der Waals surface area contributed by atoms with E-state index in [1.54, 1.807) is 12.1 Å². The fourth-order valence-electron chi connectivity index (χ4n) is 4.06. The number of nitrogens with one attached hydrogen (secondary N) is 2. The zero-order chi connectivity index (χ0) is 18.0. The van der Waals surface area contributed by atoms with Crippen molar-refractivity contribution in [2.75, 3.05) is 0 Å². The molecule has 0 radical (unpaired) electrons. The minimum atomic E-state index is -0.320. The number of esters is 1. The van der Waals surface area contributed by atoms with Gasteiger partial charge in [-0.2, -0.15) is 0 Å². The maximum Gasteiger partial charge on any atom is 0.313 e. The van der Waals surface area contributed by atoms with Gasteiger partial charge in [0.25, 0.3) is 0 Å². The van der Waals surface area contributed by atoms with Crippen LogP contribution in [0.25, 0.3) is 10.8 Å². The van der Waals surface area contributed by atoms with Crippen molar-refractivity contribution >= 4 is 16.7 Å². The first-order chi connectivity index (χ1) is 11.7. The minimum absolute atomic E-state index is 0.130. The third-order valence-electron chi connectivity index (χ3n) is 5.45. The Bertz CT molecular complexity index is 863. The Balaban J connectivity index is 1.55. The zero-order valence-electron chi connectivity index (χ0n) is 15.0. The van der Waals surface area contributed by atoms with Crippen LogP contribution in [0.15, 0.2) is 36.4 Å². The van der Waals surface area contributed by atoms with E-state index >= 15 is 0 Å². The molecule has 25 heavy (non-hydrogen) atoms. The van der Waals surface area contributed by atoms with E-state index in [0.29, 0.717) is 0 Å². The highest BCUT2D eigenvalue weighted by Gasteiger charge is 2.86. The van der Waals surface area contributed by atoms with Gasteiger partial charge in [0.2, 0.25) is 0 Å². The Kier molecular flexibility index (Phi) is 3.25. The third-order valence-corrected chi connectivity index (χ3v) is 5.45. The van der Waals surface area contributed by atoms with Gasteiger partial charge in [-0.05, 0) is 29.4 Å². The van der Waals surface area contributed by atoms with Gasteiger partial charge in [-0.1, -0.05) is 51.1 Å². The Hall–Kier alpha value is -2.11. The molecule has 2 aliphatic rings. The molecule has 2 heterocycles. The topological polar surface area (TPSA) is 90.4 Å². The first-order valence-electron chi connectivity index (χ1n) is 8.63. The number of phenols is 1. The second-order valence-electron chi connectivity index (χ2n) is 8.38. The Morgan fingerprint density at radius 3 is 2.36 bits per heavy atom. The number of ether oxygens (including phenoxy) is 1. The molecule has 0 aliphatic carbocycles. The molecule has 4 rings (SSSR count). The van der Waals surface area contributed by atoms with Crippen LogP contribution in [0, 0.1) is 11.3 Å². The maximum absolute atomic E-state index is 12.9. The monoisotopic (exact) mass is 340 g/mol. The van der Waals surface area contributed by atoms with Crippen LogP contribution in [0.2, 0.25) is 0 Å². The van der Waals surface area contributed by atoms with E-state index in [0.717, 1.165) is 16.3 Å². The lowest BCUT2D eigenvalue weighted by Crippen LogP contribution is -2.44. The minimum Gasteiger partial charge on any atom is -0.507 e. The highest BCUT2D eigenvalue weighted by atomic mass is 16.5. The molecule has 2 fully saturated rings. The standard InChI is InChI=1S/C20H24N2O3/c1-18(2,3)16(20-19(4,21-20)22-20)17(24)25-11-12-7-5-9-14-13(12)8-6-10-15(14)23/h5-10,16,21-23H,11H2,1-4H3. The van der Waals surface area contributed by atoms with Gasteiger partial charge in [0, 0.05) is 5.39 Å². The van der Waals surface area contributed by atoms with Crippen LogP contribution in [0.4, 0.5) is 0 Å². The smallest absolute Gasteiger partial charge is 0.313 e. The molecule has 0 aromatic heterocycles. The van der Waals surface area contributed by atoms with Crippen LogP contribution in [0.5, 0.6) is 5.75 Å². The fraction of sp³-hybridized carbons (Fsp3) is 0.450. The summed E-state index contributed by atoms with van der Waals surface area (Å²) in [5.74, 6) is -0.239. The van der Waals surface area contributed by atoms with Crippen LogP contribution in [0.1, 0.15) is 33.3 Å². The lowest BCUT2D eigenvalue weighted by Gasteiger charge is -2.30. The lowest BCUT2D eigenvalue weighted by molar-refractivity contribution is -0.155. The Labute approximate surface area is 147 Å². The number of hydrogen-bond donors (Lipinski definition) is 3. The quantitative estimate of drug-likeness (QED) is 0.588. The van der Waals surface area contributed by atoms with Gasteiger partial charge in [0.05, 0.1) is 5.92 Å². The highest BCUT2D eigenvalue weighted by molar-refractivity contribution is 5.90. The van der Waals surface area contributed by atoms with Crippen LogP contribution >= 0.6 is 0 Å². The van der Waals surface area contributed by atoms with E-state index < -0.39 is 0 Å². The van der Waals surface area contributed by atoms with Crippen LogP contribution in [0.3, 0.4) is 0 Å². The van der Waals surface area contributed by atoms with E-state index in [4.69, 9.17) is 4.74 Å². The summed E-state index contributed by atoms with van der Waals surface area (Å²) in [4.78, 5) is 12.9. The van der Waals surface area contributed by atoms with Gasteiger partial charge < -0.3 is 9.84 Å².